The molecule has 0 fully saturated rings. The maximum absolute atomic E-state index is 8.40. The van der Waals surface area contributed by atoms with Crippen molar-refractivity contribution in [1.82, 2.24) is 0 Å². The standard InChI is InChI=1S/C6H5.HO2P.Pd/c1-2-4-6-5-3-1;1-3-2;/h1-5H;3H;/q-1;;. The topological polar surface area (TPSA) is 34.1 Å². The van der Waals surface area contributed by atoms with Crippen LogP contribution in [0.1, 0.15) is 0 Å². The van der Waals surface area contributed by atoms with Crippen LogP contribution >= 0.6 is 8.34 Å². The fourth-order valence-electron chi connectivity index (χ4n) is 0.342. The van der Waals surface area contributed by atoms with E-state index >= 15 is 0 Å². The van der Waals surface area contributed by atoms with Gasteiger partial charge in [-0.2, -0.15) is 36.4 Å². The van der Waals surface area contributed by atoms with Gasteiger partial charge in [0.1, 0.15) is 0 Å². The van der Waals surface area contributed by atoms with Crippen molar-refractivity contribution in [2.24, 2.45) is 0 Å². The van der Waals surface area contributed by atoms with Crippen LogP contribution in [0.15, 0.2) is 30.3 Å². The average molecular weight is 248 g/mol. The fraction of sp³-hybridized carbons (Fsp3) is 0. The summed E-state index contributed by atoms with van der Waals surface area (Å²) in [6, 6.07) is 12.5. The van der Waals surface area contributed by atoms with Crippen molar-refractivity contribution < 1.29 is 29.6 Å². The summed E-state index contributed by atoms with van der Waals surface area (Å²) in [5, 5.41) is 0. The first-order chi connectivity index (χ1) is 4.41. The summed E-state index contributed by atoms with van der Waals surface area (Å²) in [6.45, 7) is 0. The quantitative estimate of drug-likeness (QED) is 0.398. The summed E-state index contributed by atoms with van der Waals surface area (Å²) in [5.74, 6) is 0. The van der Waals surface area contributed by atoms with Gasteiger partial charge in [-0.3, -0.25) is 0 Å². The van der Waals surface area contributed by atoms with E-state index in [2.05, 4.69) is 6.07 Å². The van der Waals surface area contributed by atoms with E-state index in [4.69, 9.17) is 9.13 Å². The number of hydrogen-bond donors (Lipinski definition) is 0. The Morgan fingerprint density at radius 3 is 1.50 bits per heavy atom. The van der Waals surface area contributed by atoms with Gasteiger partial charge in [0.05, 0.1) is 0 Å². The molecule has 2 nitrogen and oxygen atoms in total. The molecular weight excluding hydrogens is 241 g/mol. The van der Waals surface area contributed by atoms with Gasteiger partial charge in [0.15, 0.2) is 0 Å². The van der Waals surface area contributed by atoms with Gasteiger partial charge in [-0.15, -0.1) is 0 Å². The molecular formula is C6H6O2PPd-. The molecule has 0 aliphatic heterocycles. The molecule has 0 bridgehead atoms. The molecule has 0 radical (unpaired) electrons. The largest absolute Gasteiger partial charge is 0.303 e. The van der Waals surface area contributed by atoms with Gasteiger partial charge >= 0.3 is 8.34 Å². The number of rotatable bonds is 0. The monoisotopic (exact) mass is 247 g/mol. The van der Waals surface area contributed by atoms with Gasteiger partial charge in [0.2, 0.25) is 0 Å². The van der Waals surface area contributed by atoms with E-state index in [1.165, 1.54) is 0 Å². The van der Waals surface area contributed by atoms with Crippen molar-refractivity contribution in [1.29, 1.82) is 0 Å². The van der Waals surface area contributed by atoms with Crippen LogP contribution in [0.5, 0.6) is 0 Å². The molecule has 0 aliphatic rings. The second kappa shape index (κ2) is 11.6. The smallest absolute Gasteiger partial charge is 0.241 e. The van der Waals surface area contributed by atoms with Crippen LogP contribution in [0.25, 0.3) is 0 Å². The Morgan fingerprint density at radius 1 is 1.00 bits per heavy atom. The molecule has 0 N–H and O–H groups in total. The zero-order valence-corrected chi connectivity index (χ0v) is 7.57. The van der Waals surface area contributed by atoms with Crippen LogP contribution in [-0.2, 0) is 29.6 Å². The van der Waals surface area contributed by atoms with Crippen molar-refractivity contribution in [2.75, 3.05) is 0 Å². The molecule has 0 aromatic heterocycles. The van der Waals surface area contributed by atoms with Crippen LogP contribution in [-0.4, -0.2) is 0 Å². The molecule has 10 heavy (non-hydrogen) atoms. The first-order valence-electron chi connectivity index (χ1n) is 2.32. The van der Waals surface area contributed by atoms with E-state index in [9.17, 15) is 0 Å². The SMILES string of the molecule is O=[PH]=O.[Pd].[c-]1ccccc1. The van der Waals surface area contributed by atoms with Crippen molar-refractivity contribution in [3.8, 4) is 0 Å². The van der Waals surface area contributed by atoms with Crippen LogP contribution in [0.3, 0.4) is 0 Å². The molecule has 0 aliphatic carbocycles. The van der Waals surface area contributed by atoms with Gasteiger partial charge in [-0.25, -0.2) is 9.13 Å². The van der Waals surface area contributed by atoms with Crippen molar-refractivity contribution in [3.63, 3.8) is 0 Å². The van der Waals surface area contributed by atoms with E-state index in [0.717, 1.165) is 0 Å². The van der Waals surface area contributed by atoms with Crippen molar-refractivity contribution in [2.45, 2.75) is 0 Å². The minimum Gasteiger partial charge on any atom is -0.241 e. The average Bonchev–Trinajstić information content (AvgIpc) is 1.93. The molecule has 0 heterocycles. The summed E-state index contributed by atoms with van der Waals surface area (Å²) in [6.07, 6.45) is 0. The summed E-state index contributed by atoms with van der Waals surface area (Å²) >= 11 is 0. The summed E-state index contributed by atoms with van der Waals surface area (Å²) in [7, 11) is -1.42. The second-order valence-electron chi connectivity index (χ2n) is 1.16. The van der Waals surface area contributed by atoms with Crippen LogP contribution in [0, 0.1) is 6.07 Å². The van der Waals surface area contributed by atoms with Gasteiger partial charge in [0.25, 0.3) is 0 Å². The Morgan fingerprint density at radius 2 is 1.40 bits per heavy atom. The Labute approximate surface area is 74.5 Å². The van der Waals surface area contributed by atoms with E-state index in [1.807, 2.05) is 30.3 Å². The Hall–Kier alpha value is -0.218. The minimum atomic E-state index is -1.42. The van der Waals surface area contributed by atoms with Gasteiger partial charge in [-0.1, -0.05) is 0 Å². The Kier molecular flexibility index (Phi) is 14.4. The zero-order chi connectivity index (χ0) is 6.95. The maximum atomic E-state index is 8.40. The first kappa shape index (κ1) is 12.5. The molecule has 0 saturated heterocycles. The molecule has 1 rings (SSSR count). The number of hydrogen-bond acceptors (Lipinski definition) is 2. The van der Waals surface area contributed by atoms with E-state index in [1.54, 1.807) is 0 Å². The first-order valence-corrected chi connectivity index (χ1v) is 3.14. The molecule has 1 aromatic rings. The maximum Gasteiger partial charge on any atom is 0.303 e. The predicted molar refractivity (Wildman–Crippen MR) is 35.0 cm³/mol. The number of benzene rings is 1. The van der Waals surface area contributed by atoms with Crippen LogP contribution < -0.4 is 0 Å². The normalized spacial score (nSPS) is 6.00. The minimum absolute atomic E-state index is 0. The van der Waals surface area contributed by atoms with E-state index in [-0.39, 0.29) is 20.4 Å². The summed E-state index contributed by atoms with van der Waals surface area (Å²) in [4.78, 5) is 0. The molecule has 0 unspecified atom stereocenters. The predicted octanol–water partition coefficient (Wildman–Crippen LogP) is 1.84. The third kappa shape index (κ3) is 10.7. The Bertz CT molecular complexity index is 146. The molecule has 4 heteroatoms. The van der Waals surface area contributed by atoms with E-state index < -0.39 is 8.34 Å². The van der Waals surface area contributed by atoms with Crippen molar-refractivity contribution >= 4 is 8.34 Å². The van der Waals surface area contributed by atoms with Gasteiger partial charge in [-0.05, 0) is 0 Å². The van der Waals surface area contributed by atoms with Gasteiger partial charge in [0, 0.05) is 20.4 Å². The van der Waals surface area contributed by atoms with Gasteiger partial charge < -0.3 is 0 Å². The fourth-order valence-corrected chi connectivity index (χ4v) is 0.342. The summed E-state index contributed by atoms with van der Waals surface area (Å²) < 4.78 is 16.8. The molecule has 0 saturated carbocycles. The molecule has 1 aromatic carbocycles. The molecule has 0 amide bonds. The Balaban J connectivity index is 0. The zero-order valence-electron chi connectivity index (χ0n) is 5.02. The van der Waals surface area contributed by atoms with Crippen LogP contribution in [0.4, 0.5) is 0 Å². The molecule has 0 spiro atoms. The third-order valence-electron chi connectivity index (χ3n) is 0.607. The third-order valence-corrected chi connectivity index (χ3v) is 0.607. The van der Waals surface area contributed by atoms with E-state index in [0.29, 0.717) is 0 Å². The molecule has 58 valence electrons. The summed E-state index contributed by atoms with van der Waals surface area (Å²) in [5.41, 5.74) is 0. The molecule has 0 atom stereocenters. The van der Waals surface area contributed by atoms with Crippen molar-refractivity contribution in [3.05, 3.63) is 36.4 Å². The van der Waals surface area contributed by atoms with Crippen LogP contribution in [0.2, 0.25) is 0 Å². The second-order valence-corrected chi connectivity index (χ2v) is 1.33.